The highest BCUT2D eigenvalue weighted by atomic mass is 127. The predicted molar refractivity (Wildman–Crippen MR) is 106 cm³/mol. The highest BCUT2D eigenvalue weighted by molar-refractivity contribution is 14.0. The van der Waals surface area contributed by atoms with Gasteiger partial charge < -0.3 is 10.2 Å². The Kier molecular flexibility index (Phi) is 7.24. The summed E-state index contributed by atoms with van der Waals surface area (Å²) < 4.78 is 13.3. The van der Waals surface area contributed by atoms with E-state index in [9.17, 15) is 4.39 Å². The number of halogens is 2. The first-order valence-corrected chi connectivity index (χ1v) is 8.28. The fourth-order valence-electron chi connectivity index (χ4n) is 3.50. The molecule has 1 unspecified atom stereocenters. The van der Waals surface area contributed by atoms with E-state index in [-0.39, 0.29) is 29.8 Å². The fourth-order valence-corrected chi connectivity index (χ4v) is 3.50. The zero-order chi connectivity index (χ0) is 16.2. The number of guanidine groups is 1. The Labute approximate surface area is 160 Å². The maximum Gasteiger partial charge on any atom is 0.193 e. The van der Waals surface area contributed by atoms with E-state index < -0.39 is 0 Å². The third-order valence-electron chi connectivity index (χ3n) is 4.77. The first-order chi connectivity index (χ1) is 11.2. The Balaban J connectivity index is 0.00000208. The monoisotopic (exact) mass is 447 g/mol. The van der Waals surface area contributed by atoms with Crippen LogP contribution < -0.4 is 5.32 Å². The van der Waals surface area contributed by atoms with E-state index in [0.717, 1.165) is 24.6 Å². The van der Waals surface area contributed by atoms with Crippen molar-refractivity contribution >= 4 is 29.9 Å². The molecule has 0 aliphatic carbocycles. The minimum absolute atomic E-state index is 0. The van der Waals surface area contributed by atoms with Crippen molar-refractivity contribution in [2.75, 3.05) is 53.4 Å². The van der Waals surface area contributed by atoms with Gasteiger partial charge in [0.25, 0.3) is 0 Å². The molecule has 3 saturated heterocycles. The topological polar surface area (TPSA) is 34.1 Å². The number of nitrogens with one attached hydrogen (secondary N) is 1. The molecule has 4 rings (SSSR count). The van der Waals surface area contributed by atoms with Gasteiger partial charge in [0, 0.05) is 66.0 Å². The van der Waals surface area contributed by atoms with E-state index in [2.05, 4.69) is 20.1 Å². The number of rotatable bonds is 4. The number of benzene rings is 1. The average molecular weight is 447 g/mol. The zero-order valence-corrected chi connectivity index (χ0v) is 16.7. The summed E-state index contributed by atoms with van der Waals surface area (Å²) in [5, 5.41) is 3.47. The Hall–Kier alpha value is -0.930. The van der Waals surface area contributed by atoms with Crippen LogP contribution in [0.25, 0.3) is 0 Å². The lowest BCUT2D eigenvalue weighted by Gasteiger charge is -2.47. The predicted octanol–water partition coefficient (Wildman–Crippen LogP) is 1.45. The minimum Gasteiger partial charge on any atom is -0.355 e. The van der Waals surface area contributed by atoms with Crippen LogP contribution in [0.4, 0.5) is 4.39 Å². The Morgan fingerprint density at radius 3 is 2.67 bits per heavy atom. The van der Waals surface area contributed by atoms with Crippen LogP contribution in [0.2, 0.25) is 0 Å². The molecule has 3 aliphatic rings. The number of aliphatic imine (C=N–C) groups is 1. The van der Waals surface area contributed by atoms with Gasteiger partial charge in [0.05, 0.1) is 0 Å². The molecule has 7 heteroatoms. The molecule has 0 spiro atoms. The molecule has 3 aliphatic heterocycles. The van der Waals surface area contributed by atoms with Crippen LogP contribution in [0.3, 0.4) is 0 Å². The summed E-state index contributed by atoms with van der Waals surface area (Å²) in [6.07, 6.45) is 0. The molecule has 0 aromatic heterocycles. The van der Waals surface area contributed by atoms with Crippen molar-refractivity contribution in [3.05, 3.63) is 35.6 Å². The summed E-state index contributed by atoms with van der Waals surface area (Å²) in [4.78, 5) is 11.5. The van der Waals surface area contributed by atoms with Crippen LogP contribution in [0.1, 0.15) is 5.56 Å². The molecular formula is C17H27FIN5. The molecule has 1 aromatic carbocycles. The Morgan fingerprint density at radius 2 is 2.08 bits per heavy atom. The summed E-state index contributed by atoms with van der Waals surface area (Å²) >= 11 is 0. The zero-order valence-electron chi connectivity index (χ0n) is 14.4. The second-order valence-electron chi connectivity index (χ2n) is 6.40. The number of hydrogen-bond acceptors (Lipinski definition) is 3. The molecule has 134 valence electrons. The first kappa shape index (κ1) is 19.4. The van der Waals surface area contributed by atoms with Gasteiger partial charge in [0.2, 0.25) is 0 Å². The molecule has 0 radical (unpaired) electrons. The minimum atomic E-state index is -0.195. The first-order valence-electron chi connectivity index (χ1n) is 8.28. The second-order valence-corrected chi connectivity index (χ2v) is 6.40. The van der Waals surface area contributed by atoms with Crippen molar-refractivity contribution in [3.8, 4) is 0 Å². The standard InChI is InChI=1S/C17H26FN5.HI/c1-19-17(21(2)12-14-4-3-5-15(18)10-14)20-11-16-13-22-6-8-23(16)9-7-22;/h3-5,10,16H,6-9,11-13H2,1-2H3,(H,19,20);1H. The second kappa shape index (κ2) is 8.96. The molecule has 0 saturated carbocycles. The fraction of sp³-hybridized carbons (Fsp3) is 0.588. The smallest absolute Gasteiger partial charge is 0.193 e. The molecule has 2 bridgehead atoms. The van der Waals surface area contributed by atoms with E-state index in [1.807, 2.05) is 18.0 Å². The summed E-state index contributed by atoms with van der Waals surface area (Å²) in [5.41, 5.74) is 0.946. The third kappa shape index (κ3) is 4.80. The molecule has 0 amide bonds. The van der Waals surface area contributed by atoms with Gasteiger partial charge in [-0.1, -0.05) is 12.1 Å². The molecule has 1 atom stereocenters. The van der Waals surface area contributed by atoms with Crippen LogP contribution in [-0.2, 0) is 6.54 Å². The van der Waals surface area contributed by atoms with E-state index in [4.69, 9.17) is 0 Å². The van der Waals surface area contributed by atoms with Gasteiger partial charge in [-0.05, 0) is 17.7 Å². The number of piperazine rings is 3. The molecule has 24 heavy (non-hydrogen) atoms. The van der Waals surface area contributed by atoms with Crippen molar-refractivity contribution in [2.24, 2.45) is 4.99 Å². The Morgan fingerprint density at radius 1 is 1.33 bits per heavy atom. The normalized spacial score (nSPS) is 26.0. The quantitative estimate of drug-likeness (QED) is 0.431. The maximum absolute atomic E-state index is 13.3. The van der Waals surface area contributed by atoms with Gasteiger partial charge in [-0.2, -0.15) is 0 Å². The number of hydrogen-bond donors (Lipinski definition) is 1. The molecule has 1 N–H and O–H groups in total. The maximum atomic E-state index is 13.3. The van der Waals surface area contributed by atoms with Gasteiger partial charge >= 0.3 is 0 Å². The number of nitrogens with zero attached hydrogens (tertiary/aromatic N) is 4. The Bertz CT molecular complexity index is 560. The average Bonchev–Trinajstić information content (AvgIpc) is 2.56. The van der Waals surface area contributed by atoms with Crippen molar-refractivity contribution < 1.29 is 4.39 Å². The van der Waals surface area contributed by atoms with E-state index >= 15 is 0 Å². The van der Waals surface area contributed by atoms with Crippen molar-refractivity contribution in [1.82, 2.24) is 20.0 Å². The van der Waals surface area contributed by atoms with E-state index in [0.29, 0.717) is 12.6 Å². The summed E-state index contributed by atoms with van der Waals surface area (Å²) in [6.45, 7) is 7.41. The van der Waals surface area contributed by atoms with Crippen molar-refractivity contribution in [2.45, 2.75) is 12.6 Å². The van der Waals surface area contributed by atoms with Crippen LogP contribution in [0.15, 0.2) is 29.3 Å². The van der Waals surface area contributed by atoms with Gasteiger partial charge in [-0.25, -0.2) is 4.39 Å². The van der Waals surface area contributed by atoms with E-state index in [1.165, 1.54) is 32.2 Å². The summed E-state index contributed by atoms with van der Waals surface area (Å²) in [6, 6.07) is 7.28. The lowest BCUT2D eigenvalue weighted by Crippen LogP contribution is -2.63. The van der Waals surface area contributed by atoms with Crippen LogP contribution in [0.5, 0.6) is 0 Å². The van der Waals surface area contributed by atoms with Crippen molar-refractivity contribution in [3.63, 3.8) is 0 Å². The summed E-state index contributed by atoms with van der Waals surface area (Å²) in [5.74, 6) is 0.658. The molecule has 3 fully saturated rings. The van der Waals surface area contributed by atoms with Crippen LogP contribution in [-0.4, -0.2) is 80.1 Å². The van der Waals surface area contributed by atoms with Gasteiger partial charge in [-0.3, -0.25) is 14.8 Å². The highest BCUT2D eigenvalue weighted by Gasteiger charge is 2.31. The number of fused-ring (bicyclic) bond motifs is 3. The van der Waals surface area contributed by atoms with Crippen molar-refractivity contribution in [1.29, 1.82) is 0 Å². The lowest BCUT2D eigenvalue weighted by atomic mass is 10.1. The van der Waals surface area contributed by atoms with Crippen LogP contribution >= 0.6 is 24.0 Å². The molecule has 3 heterocycles. The van der Waals surface area contributed by atoms with Gasteiger partial charge in [-0.15, -0.1) is 24.0 Å². The third-order valence-corrected chi connectivity index (χ3v) is 4.77. The van der Waals surface area contributed by atoms with Gasteiger partial charge in [0.15, 0.2) is 5.96 Å². The summed E-state index contributed by atoms with van der Waals surface area (Å²) in [7, 11) is 3.78. The largest absolute Gasteiger partial charge is 0.355 e. The van der Waals surface area contributed by atoms with E-state index in [1.54, 1.807) is 19.2 Å². The molecule has 1 aromatic rings. The molecular weight excluding hydrogens is 420 g/mol. The lowest BCUT2D eigenvalue weighted by molar-refractivity contribution is 0.0152. The van der Waals surface area contributed by atoms with Crippen LogP contribution in [0, 0.1) is 5.82 Å². The highest BCUT2D eigenvalue weighted by Crippen LogP contribution is 2.15. The SMILES string of the molecule is CN=C(NCC1CN2CCN1CC2)N(C)Cc1cccc(F)c1.I. The molecule has 5 nitrogen and oxygen atoms in total. The van der Waals surface area contributed by atoms with Gasteiger partial charge in [0.1, 0.15) is 5.82 Å².